The number of carbonyl (C=O) groups is 2. The fraction of sp³-hybridized carbons (Fsp3) is 0.394. The number of rotatable bonds is 15. The average Bonchev–Trinajstić information content (AvgIpc) is 2.96. The lowest BCUT2D eigenvalue weighted by Crippen LogP contribution is -2.12. The van der Waals surface area contributed by atoms with Crippen LogP contribution in [-0.4, -0.2) is 25.2 Å². The van der Waals surface area contributed by atoms with E-state index in [1.807, 2.05) is 50.2 Å². The van der Waals surface area contributed by atoms with Crippen LogP contribution in [0.4, 0.5) is 0 Å². The number of hydrogen-bond donors (Lipinski definition) is 0. The largest absolute Gasteiger partial charge is 0.494 e. The normalized spacial score (nSPS) is 11.6. The van der Waals surface area contributed by atoms with Crippen molar-refractivity contribution in [3.63, 3.8) is 0 Å². The maximum atomic E-state index is 12.7. The van der Waals surface area contributed by atoms with E-state index in [9.17, 15) is 9.59 Å². The lowest BCUT2D eigenvalue weighted by Gasteiger charge is -2.11. The van der Waals surface area contributed by atoms with Crippen LogP contribution in [0.25, 0.3) is 11.1 Å². The van der Waals surface area contributed by atoms with E-state index < -0.39 is 11.9 Å². The highest BCUT2D eigenvalue weighted by atomic mass is 35.5. The minimum Gasteiger partial charge on any atom is -0.494 e. The summed E-state index contributed by atoms with van der Waals surface area (Å²) in [6, 6.07) is 19.7. The second kappa shape index (κ2) is 15.9. The van der Waals surface area contributed by atoms with Crippen molar-refractivity contribution in [2.24, 2.45) is 5.92 Å². The second-order valence-electron chi connectivity index (χ2n) is 9.86. The van der Waals surface area contributed by atoms with Crippen LogP contribution in [0.1, 0.15) is 86.4 Å². The van der Waals surface area contributed by atoms with E-state index in [0.29, 0.717) is 17.7 Å². The average molecular weight is 551 g/mol. The molecule has 0 saturated heterocycles. The number of ether oxygens (including phenoxy) is 3. The molecule has 0 aliphatic rings. The molecule has 5 nitrogen and oxygen atoms in total. The highest BCUT2D eigenvalue weighted by molar-refractivity contribution is 6.32. The number of unbranched alkanes of at least 4 members (excludes halogenated alkanes) is 5. The van der Waals surface area contributed by atoms with Gasteiger partial charge in [0, 0.05) is 0 Å². The smallest absolute Gasteiger partial charge is 0.343 e. The molecular formula is C33H39ClO5. The Labute approximate surface area is 237 Å². The standard InChI is InChI=1S/C33H39ClO5/c1-4-6-7-8-9-10-21-37-29-18-15-26(16-19-29)25-11-13-27(14-12-25)33(36)39-31-20-17-28(22-30(31)34)32(35)38-23-24(3)5-2/h11-20,22,24H,4-10,21,23H2,1-3H3/t24-/m1/s1. The molecule has 3 aromatic rings. The van der Waals surface area contributed by atoms with Gasteiger partial charge in [-0.1, -0.05) is 95.2 Å². The first-order valence-corrected chi connectivity index (χ1v) is 14.3. The quantitative estimate of drug-likeness (QED) is 0.107. The van der Waals surface area contributed by atoms with Gasteiger partial charge in [0.2, 0.25) is 0 Å². The second-order valence-corrected chi connectivity index (χ2v) is 10.3. The Hall–Kier alpha value is -3.31. The molecule has 0 aliphatic heterocycles. The van der Waals surface area contributed by atoms with E-state index in [0.717, 1.165) is 36.3 Å². The number of hydrogen-bond acceptors (Lipinski definition) is 5. The van der Waals surface area contributed by atoms with E-state index in [1.54, 1.807) is 12.1 Å². The Bertz CT molecular complexity index is 1190. The van der Waals surface area contributed by atoms with Crippen molar-refractivity contribution in [3.05, 3.63) is 82.9 Å². The molecule has 0 N–H and O–H groups in total. The molecule has 6 heteroatoms. The summed E-state index contributed by atoms with van der Waals surface area (Å²) in [5, 5.41) is 0.164. The lowest BCUT2D eigenvalue weighted by molar-refractivity contribution is 0.0447. The molecule has 0 spiro atoms. The summed E-state index contributed by atoms with van der Waals surface area (Å²) in [5.74, 6) is 0.334. The predicted molar refractivity (Wildman–Crippen MR) is 157 cm³/mol. The minimum absolute atomic E-state index is 0.164. The summed E-state index contributed by atoms with van der Waals surface area (Å²) >= 11 is 6.28. The van der Waals surface area contributed by atoms with Gasteiger partial charge in [-0.05, 0) is 65.9 Å². The predicted octanol–water partition coefficient (Wildman–Crippen LogP) is 9.17. The summed E-state index contributed by atoms with van der Waals surface area (Å²) in [4.78, 5) is 24.9. The monoisotopic (exact) mass is 550 g/mol. The van der Waals surface area contributed by atoms with Crippen molar-refractivity contribution in [2.45, 2.75) is 65.7 Å². The number of halogens is 1. The third kappa shape index (κ3) is 9.74. The van der Waals surface area contributed by atoms with Crippen molar-refractivity contribution in [1.29, 1.82) is 0 Å². The highest BCUT2D eigenvalue weighted by Gasteiger charge is 2.15. The van der Waals surface area contributed by atoms with Gasteiger partial charge < -0.3 is 14.2 Å². The fourth-order valence-electron chi connectivity index (χ4n) is 3.90. The molecular weight excluding hydrogens is 512 g/mol. The zero-order valence-electron chi connectivity index (χ0n) is 23.2. The van der Waals surface area contributed by atoms with Crippen LogP contribution in [0, 0.1) is 5.92 Å². The molecule has 0 fully saturated rings. The van der Waals surface area contributed by atoms with Gasteiger partial charge in [-0.25, -0.2) is 9.59 Å². The third-order valence-corrected chi connectivity index (χ3v) is 6.94. The summed E-state index contributed by atoms with van der Waals surface area (Å²) in [7, 11) is 0. The molecule has 1 atom stereocenters. The van der Waals surface area contributed by atoms with Crippen LogP contribution in [0.5, 0.6) is 11.5 Å². The molecule has 0 radical (unpaired) electrons. The molecule has 0 aromatic heterocycles. The van der Waals surface area contributed by atoms with E-state index in [2.05, 4.69) is 6.92 Å². The Morgan fingerprint density at radius 3 is 2.03 bits per heavy atom. The van der Waals surface area contributed by atoms with Crippen molar-refractivity contribution >= 4 is 23.5 Å². The molecule has 3 aromatic carbocycles. The van der Waals surface area contributed by atoms with E-state index in [4.69, 9.17) is 25.8 Å². The van der Waals surface area contributed by atoms with Crippen LogP contribution < -0.4 is 9.47 Å². The number of carbonyl (C=O) groups excluding carboxylic acids is 2. The fourth-order valence-corrected chi connectivity index (χ4v) is 4.12. The first-order chi connectivity index (χ1) is 18.9. The molecule has 0 unspecified atom stereocenters. The number of esters is 2. The van der Waals surface area contributed by atoms with Gasteiger partial charge in [-0.3, -0.25) is 0 Å². The Kier molecular flexibility index (Phi) is 12.4. The molecule has 0 saturated carbocycles. The molecule has 0 bridgehead atoms. The zero-order valence-corrected chi connectivity index (χ0v) is 24.0. The van der Waals surface area contributed by atoms with Crippen molar-refractivity contribution in [2.75, 3.05) is 13.2 Å². The zero-order chi connectivity index (χ0) is 28.0. The first-order valence-electron chi connectivity index (χ1n) is 13.9. The molecule has 3 rings (SSSR count). The van der Waals surface area contributed by atoms with Gasteiger partial charge in [-0.15, -0.1) is 0 Å². The highest BCUT2D eigenvalue weighted by Crippen LogP contribution is 2.28. The van der Waals surface area contributed by atoms with Crippen molar-refractivity contribution in [1.82, 2.24) is 0 Å². The number of benzene rings is 3. The van der Waals surface area contributed by atoms with Crippen molar-refractivity contribution in [3.8, 4) is 22.6 Å². The van der Waals surface area contributed by atoms with E-state index in [-0.39, 0.29) is 16.7 Å². The molecule has 0 amide bonds. The summed E-state index contributed by atoms with van der Waals surface area (Å²) < 4.78 is 16.7. The molecule has 0 aliphatic carbocycles. The van der Waals surface area contributed by atoms with Gasteiger partial charge >= 0.3 is 11.9 Å². The summed E-state index contributed by atoms with van der Waals surface area (Å²) in [6.45, 7) is 7.36. The Balaban J connectivity index is 1.51. The topological polar surface area (TPSA) is 61.8 Å². The first kappa shape index (κ1) is 30.2. The van der Waals surface area contributed by atoms with Gasteiger partial charge in [-0.2, -0.15) is 0 Å². The molecule has 208 valence electrons. The Morgan fingerprint density at radius 1 is 0.769 bits per heavy atom. The third-order valence-electron chi connectivity index (χ3n) is 6.64. The van der Waals surface area contributed by atoms with Gasteiger partial charge in [0.1, 0.15) is 11.5 Å². The maximum Gasteiger partial charge on any atom is 0.343 e. The van der Waals surface area contributed by atoms with Crippen molar-refractivity contribution < 1.29 is 23.8 Å². The van der Waals surface area contributed by atoms with Crippen LogP contribution in [0.2, 0.25) is 5.02 Å². The molecule has 0 heterocycles. The maximum absolute atomic E-state index is 12.7. The Morgan fingerprint density at radius 2 is 1.38 bits per heavy atom. The van der Waals surface area contributed by atoms with Gasteiger partial charge in [0.25, 0.3) is 0 Å². The van der Waals surface area contributed by atoms with Crippen LogP contribution >= 0.6 is 11.6 Å². The molecule has 39 heavy (non-hydrogen) atoms. The summed E-state index contributed by atoms with van der Waals surface area (Å²) in [6.07, 6.45) is 8.35. The van der Waals surface area contributed by atoms with E-state index in [1.165, 1.54) is 50.3 Å². The van der Waals surface area contributed by atoms with Gasteiger partial charge in [0.15, 0.2) is 0 Å². The summed E-state index contributed by atoms with van der Waals surface area (Å²) in [5.41, 5.74) is 2.71. The van der Waals surface area contributed by atoms with Crippen LogP contribution in [0.3, 0.4) is 0 Å². The lowest BCUT2D eigenvalue weighted by atomic mass is 10.0. The van der Waals surface area contributed by atoms with Gasteiger partial charge in [0.05, 0.1) is 29.4 Å². The minimum atomic E-state index is -0.533. The van der Waals surface area contributed by atoms with Crippen LogP contribution in [-0.2, 0) is 4.74 Å². The van der Waals surface area contributed by atoms with Crippen LogP contribution in [0.15, 0.2) is 66.7 Å². The SMILES string of the molecule is CCCCCCCCOc1ccc(-c2ccc(C(=O)Oc3ccc(C(=O)OC[C@H](C)CC)cc3Cl)cc2)cc1. The van der Waals surface area contributed by atoms with E-state index >= 15 is 0 Å².